The number of fused-ring (bicyclic) bond motifs is 1. The number of aromatic nitrogens is 1. The van der Waals surface area contributed by atoms with Gasteiger partial charge in [0.2, 0.25) is 5.43 Å². The van der Waals surface area contributed by atoms with Crippen molar-refractivity contribution >= 4 is 28.3 Å². The average molecular weight is 359 g/mol. The van der Waals surface area contributed by atoms with Gasteiger partial charge in [0.25, 0.3) is 0 Å². The van der Waals surface area contributed by atoms with Crippen LogP contribution in [0.15, 0.2) is 33.0 Å². The molecule has 0 saturated heterocycles. The maximum absolute atomic E-state index is 12.8. The van der Waals surface area contributed by atoms with E-state index < -0.39 is 12.1 Å². The highest BCUT2D eigenvalue weighted by Crippen LogP contribution is 2.29. The van der Waals surface area contributed by atoms with Gasteiger partial charge in [-0.05, 0) is 31.9 Å². The van der Waals surface area contributed by atoms with Crippen LogP contribution in [-0.4, -0.2) is 22.2 Å². The van der Waals surface area contributed by atoms with Gasteiger partial charge in [-0.3, -0.25) is 4.79 Å². The fourth-order valence-corrected chi connectivity index (χ4v) is 3.25. The molecule has 0 radical (unpaired) electrons. The summed E-state index contributed by atoms with van der Waals surface area (Å²) >= 11 is 1.39. The van der Waals surface area contributed by atoms with E-state index in [1.165, 1.54) is 24.5 Å². The lowest BCUT2D eigenvalue weighted by Gasteiger charge is -2.14. The zero-order chi connectivity index (χ0) is 18.1. The summed E-state index contributed by atoms with van der Waals surface area (Å²) < 4.78 is 11.1. The van der Waals surface area contributed by atoms with Crippen molar-refractivity contribution in [1.82, 2.24) is 4.98 Å². The summed E-state index contributed by atoms with van der Waals surface area (Å²) in [6.07, 6.45) is 0.989. The number of thiazole rings is 1. The van der Waals surface area contributed by atoms with Gasteiger partial charge < -0.3 is 14.3 Å². The van der Waals surface area contributed by atoms with E-state index in [0.717, 1.165) is 11.3 Å². The molecule has 3 rings (SSSR count). The third-order valence-corrected chi connectivity index (χ3v) is 4.83. The van der Waals surface area contributed by atoms with E-state index in [2.05, 4.69) is 4.98 Å². The van der Waals surface area contributed by atoms with Crippen molar-refractivity contribution in [3.8, 4) is 16.3 Å². The van der Waals surface area contributed by atoms with Gasteiger partial charge in [0.05, 0.1) is 10.9 Å². The molecule has 0 saturated carbocycles. The molecule has 0 fully saturated rings. The van der Waals surface area contributed by atoms with Crippen LogP contribution in [0.4, 0.5) is 0 Å². The Bertz CT molecular complexity index is 1000. The molecule has 0 spiro atoms. The van der Waals surface area contributed by atoms with Crippen molar-refractivity contribution in [3.05, 3.63) is 45.3 Å². The van der Waals surface area contributed by atoms with Crippen LogP contribution >= 0.6 is 11.3 Å². The first-order valence-corrected chi connectivity index (χ1v) is 8.69. The molecule has 130 valence electrons. The topological polar surface area (TPSA) is 89.6 Å². The Morgan fingerprint density at radius 2 is 2.20 bits per heavy atom. The molecular formula is C18H17NO5S. The minimum absolute atomic E-state index is 0.164. The molecule has 1 N–H and O–H groups in total. The van der Waals surface area contributed by atoms with Gasteiger partial charge in [0.15, 0.2) is 6.10 Å². The number of hydrogen-bond donors (Lipinski definition) is 1. The van der Waals surface area contributed by atoms with Crippen LogP contribution in [0.25, 0.3) is 21.5 Å². The molecule has 0 aliphatic rings. The van der Waals surface area contributed by atoms with Crippen LogP contribution in [0.2, 0.25) is 0 Å². The van der Waals surface area contributed by atoms with E-state index >= 15 is 0 Å². The Hall–Kier alpha value is -2.67. The minimum atomic E-state index is -1.06. The molecule has 1 aromatic carbocycles. The number of carboxylic acid groups (broad SMARTS) is 1. The standard InChI is InChI=1S/C18H17NO5S/c1-4-11-5-12-15(6-14(11)24-10(3)18(21)22)23-7-13(16(12)20)17-19-9(2)8-25-17/h5-8,10H,4H2,1-3H3,(H,21,22)/t10-/m1/s1. The zero-order valence-corrected chi connectivity index (χ0v) is 14.8. The molecule has 7 heteroatoms. The third kappa shape index (κ3) is 3.28. The largest absolute Gasteiger partial charge is 0.479 e. The fourth-order valence-electron chi connectivity index (χ4n) is 2.45. The first-order chi connectivity index (χ1) is 11.9. The van der Waals surface area contributed by atoms with Crippen LogP contribution in [0, 0.1) is 6.92 Å². The van der Waals surface area contributed by atoms with Crippen molar-refractivity contribution in [2.24, 2.45) is 0 Å². The van der Waals surface area contributed by atoms with Gasteiger partial charge in [-0.1, -0.05) is 6.92 Å². The Labute approximate surface area is 147 Å². The maximum atomic E-state index is 12.8. The smallest absolute Gasteiger partial charge is 0.344 e. The maximum Gasteiger partial charge on any atom is 0.344 e. The summed E-state index contributed by atoms with van der Waals surface area (Å²) in [6, 6.07) is 3.28. The highest BCUT2D eigenvalue weighted by molar-refractivity contribution is 7.13. The highest BCUT2D eigenvalue weighted by atomic mass is 32.1. The van der Waals surface area contributed by atoms with E-state index in [1.54, 1.807) is 12.1 Å². The Morgan fingerprint density at radius 3 is 2.80 bits per heavy atom. The molecule has 6 nitrogen and oxygen atoms in total. The van der Waals surface area contributed by atoms with Gasteiger partial charge in [-0.2, -0.15) is 0 Å². The summed E-state index contributed by atoms with van der Waals surface area (Å²) in [5.74, 6) is -0.649. The first-order valence-electron chi connectivity index (χ1n) is 7.81. The molecular weight excluding hydrogens is 342 g/mol. The lowest BCUT2D eigenvalue weighted by molar-refractivity contribution is -0.144. The summed E-state index contributed by atoms with van der Waals surface area (Å²) in [4.78, 5) is 28.2. The number of ether oxygens (including phenoxy) is 1. The SMILES string of the molecule is CCc1cc2c(=O)c(-c3nc(C)cs3)coc2cc1O[C@H](C)C(=O)O. The predicted octanol–water partition coefficient (Wildman–Crippen LogP) is 3.64. The van der Waals surface area contributed by atoms with Crippen LogP contribution in [0.3, 0.4) is 0 Å². The second-order valence-electron chi connectivity index (χ2n) is 5.68. The van der Waals surface area contributed by atoms with Crippen molar-refractivity contribution in [3.63, 3.8) is 0 Å². The number of aryl methyl sites for hydroxylation is 2. The molecule has 0 unspecified atom stereocenters. The van der Waals surface area contributed by atoms with E-state index in [1.807, 2.05) is 19.2 Å². The second kappa shape index (κ2) is 6.68. The molecule has 0 aliphatic heterocycles. The van der Waals surface area contributed by atoms with Crippen LogP contribution in [0.1, 0.15) is 25.1 Å². The van der Waals surface area contributed by atoms with Crippen LogP contribution in [-0.2, 0) is 11.2 Å². The van der Waals surface area contributed by atoms with E-state index in [9.17, 15) is 9.59 Å². The molecule has 3 aromatic rings. The summed E-state index contributed by atoms with van der Waals surface area (Å²) in [6.45, 7) is 5.23. The lowest BCUT2D eigenvalue weighted by atomic mass is 10.1. The Balaban J connectivity index is 2.13. The molecule has 2 aromatic heterocycles. The van der Waals surface area contributed by atoms with Crippen molar-refractivity contribution in [2.75, 3.05) is 0 Å². The average Bonchev–Trinajstić information content (AvgIpc) is 3.00. The molecule has 25 heavy (non-hydrogen) atoms. The van der Waals surface area contributed by atoms with Crippen LogP contribution < -0.4 is 10.2 Å². The first kappa shape index (κ1) is 17.2. The van der Waals surface area contributed by atoms with Gasteiger partial charge in [0, 0.05) is 17.1 Å². The number of nitrogens with zero attached hydrogens (tertiary/aromatic N) is 1. The van der Waals surface area contributed by atoms with Gasteiger partial charge in [-0.15, -0.1) is 11.3 Å². The van der Waals surface area contributed by atoms with E-state index in [-0.39, 0.29) is 5.43 Å². The van der Waals surface area contributed by atoms with Crippen molar-refractivity contribution in [1.29, 1.82) is 0 Å². The minimum Gasteiger partial charge on any atom is -0.479 e. The molecule has 0 aliphatic carbocycles. The zero-order valence-electron chi connectivity index (χ0n) is 14.0. The number of rotatable bonds is 5. The Kier molecular flexibility index (Phi) is 4.59. The molecule has 0 amide bonds. The molecule has 0 bridgehead atoms. The highest BCUT2D eigenvalue weighted by Gasteiger charge is 2.18. The quantitative estimate of drug-likeness (QED) is 0.748. The molecule has 2 heterocycles. The molecule has 1 atom stereocenters. The normalized spacial score (nSPS) is 12.3. The van der Waals surface area contributed by atoms with Crippen molar-refractivity contribution in [2.45, 2.75) is 33.3 Å². The number of carbonyl (C=O) groups is 1. The number of carboxylic acids is 1. The second-order valence-corrected chi connectivity index (χ2v) is 6.54. The van der Waals surface area contributed by atoms with Gasteiger partial charge >= 0.3 is 5.97 Å². The summed E-state index contributed by atoms with van der Waals surface area (Å²) in [5, 5.41) is 11.9. The Morgan fingerprint density at radius 1 is 1.44 bits per heavy atom. The predicted molar refractivity (Wildman–Crippen MR) is 95.4 cm³/mol. The summed E-state index contributed by atoms with van der Waals surface area (Å²) in [5.41, 5.74) is 2.20. The monoisotopic (exact) mass is 359 g/mol. The number of aliphatic carboxylic acids is 1. The van der Waals surface area contributed by atoms with E-state index in [0.29, 0.717) is 33.7 Å². The fraction of sp³-hybridized carbons (Fsp3) is 0.278. The lowest BCUT2D eigenvalue weighted by Crippen LogP contribution is -2.23. The number of hydrogen-bond acceptors (Lipinski definition) is 6. The summed E-state index contributed by atoms with van der Waals surface area (Å²) in [7, 11) is 0. The van der Waals surface area contributed by atoms with Crippen LogP contribution in [0.5, 0.6) is 5.75 Å². The van der Waals surface area contributed by atoms with Gasteiger partial charge in [-0.25, -0.2) is 9.78 Å². The van der Waals surface area contributed by atoms with Gasteiger partial charge in [0.1, 0.15) is 22.6 Å². The van der Waals surface area contributed by atoms with Crippen molar-refractivity contribution < 1.29 is 19.1 Å². The van der Waals surface area contributed by atoms with E-state index in [4.69, 9.17) is 14.3 Å². The number of benzene rings is 1. The third-order valence-electron chi connectivity index (χ3n) is 3.84.